The number of carbonyl (C=O) groups excluding carboxylic acids is 1. The van der Waals surface area contributed by atoms with Crippen LogP contribution >= 0.6 is 23.2 Å². The molecular weight excluding hydrogens is 423 g/mol. The summed E-state index contributed by atoms with van der Waals surface area (Å²) in [5.41, 5.74) is 5.99. The second-order valence-corrected chi connectivity index (χ2v) is 7.05. The first-order chi connectivity index (χ1) is 13.8. The number of rotatable bonds is 6. The third kappa shape index (κ3) is 4.78. The molecule has 8 heteroatoms. The van der Waals surface area contributed by atoms with Gasteiger partial charge in [-0.25, -0.2) is 8.78 Å². The number of benzene rings is 3. The highest BCUT2D eigenvalue weighted by molar-refractivity contribution is 6.36. The Kier molecular flexibility index (Phi) is 6.25. The van der Waals surface area contributed by atoms with Gasteiger partial charge in [-0.05, 0) is 47.0 Å². The Hall–Kier alpha value is -2.83. The summed E-state index contributed by atoms with van der Waals surface area (Å²) in [4.78, 5) is 10.8. The zero-order valence-electron chi connectivity index (χ0n) is 14.9. The van der Waals surface area contributed by atoms with Gasteiger partial charge < -0.3 is 15.6 Å². The van der Waals surface area contributed by atoms with E-state index in [1.54, 1.807) is 0 Å². The average molecular weight is 438 g/mol. The van der Waals surface area contributed by atoms with Gasteiger partial charge in [0, 0.05) is 16.5 Å². The molecule has 3 rings (SSSR count). The smallest absolute Gasteiger partial charge is 0.255 e. The first-order valence-corrected chi connectivity index (χ1v) is 9.17. The van der Waals surface area contributed by atoms with Crippen molar-refractivity contribution in [3.63, 3.8) is 0 Å². The molecular formula is C21H15Cl2F2NO3. The zero-order chi connectivity index (χ0) is 21.1. The normalized spacial score (nSPS) is 10.8. The second-order valence-electron chi connectivity index (χ2n) is 6.24. The van der Waals surface area contributed by atoms with E-state index < -0.39 is 17.5 Å². The number of carbonyl (C=O) groups is 1. The maximum atomic E-state index is 15.1. The van der Waals surface area contributed by atoms with E-state index in [4.69, 9.17) is 33.7 Å². The summed E-state index contributed by atoms with van der Waals surface area (Å²) in [6, 6.07) is 10.8. The van der Waals surface area contributed by atoms with Gasteiger partial charge in [0.05, 0.1) is 5.56 Å². The van der Waals surface area contributed by atoms with Gasteiger partial charge in [-0.3, -0.25) is 4.79 Å². The Morgan fingerprint density at radius 1 is 1.03 bits per heavy atom. The summed E-state index contributed by atoms with van der Waals surface area (Å²) >= 11 is 12.5. The molecule has 4 nitrogen and oxygen atoms in total. The van der Waals surface area contributed by atoms with Gasteiger partial charge in [0.15, 0.2) is 6.61 Å². The number of primary amides is 1. The van der Waals surface area contributed by atoms with Gasteiger partial charge in [0.1, 0.15) is 23.1 Å². The van der Waals surface area contributed by atoms with E-state index in [1.165, 1.54) is 48.5 Å². The lowest BCUT2D eigenvalue weighted by atomic mass is 9.97. The highest BCUT2D eigenvalue weighted by Crippen LogP contribution is 2.37. The summed E-state index contributed by atoms with van der Waals surface area (Å²) < 4.78 is 33.5. The van der Waals surface area contributed by atoms with Crippen LogP contribution in [0.15, 0.2) is 48.5 Å². The van der Waals surface area contributed by atoms with Crippen molar-refractivity contribution in [3.8, 4) is 22.6 Å². The number of hydrogen-bond acceptors (Lipinski definition) is 3. The van der Waals surface area contributed by atoms with Crippen molar-refractivity contribution in [2.45, 2.75) is 6.42 Å². The minimum atomic E-state index is -0.669. The lowest BCUT2D eigenvalue weighted by Crippen LogP contribution is -2.20. The predicted octanol–water partition coefficient (Wildman–Crippen LogP) is 5.10. The molecule has 0 saturated heterocycles. The first kappa shape index (κ1) is 20.9. The second kappa shape index (κ2) is 8.68. The molecule has 3 aromatic carbocycles. The number of ether oxygens (including phenoxy) is 1. The van der Waals surface area contributed by atoms with Gasteiger partial charge in [-0.15, -0.1) is 0 Å². The van der Waals surface area contributed by atoms with E-state index in [9.17, 15) is 14.3 Å². The van der Waals surface area contributed by atoms with E-state index in [1.807, 2.05) is 0 Å². The molecule has 0 saturated carbocycles. The molecule has 3 aromatic rings. The van der Waals surface area contributed by atoms with E-state index in [-0.39, 0.29) is 45.7 Å². The molecule has 29 heavy (non-hydrogen) atoms. The fraction of sp³-hybridized carbons (Fsp3) is 0.0952. The van der Waals surface area contributed by atoms with Crippen molar-refractivity contribution in [1.29, 1.82) is 0 Å². The number of phenols is 1. The largest absolute Gasteiger partial charge is 0.507 e. The van der Waals surface area contributed by atoms with Gasteiger partial charge in [0.25, 0.3) is 5.91 Å². The van der Waals surface area contributed by atoms with Crippen molar-refractivity contribution >= 4 is 29.1 Å². The molecule has 0 aromatic heterocycles. The summed E-state index contributed by atoms with van der Waals surface area (Å²) in [5, 5.41) is 10.5. The van der Waals surface area contributed by atoms with Crippen LogP contribution in [0.1, 0.15) is 11.1 Å². The topological polar surface area (TPSA) is 72.6 Å². The van der Waals surface area contributed by atoms with Crippen molar-refractivity contribution in [2.75, 3.05) is 6.61 Å². The Balaban J connectivity index is 1.96. The van der Waals surface area contributed by atoms with Gasteiger partial charge in [0.2, 0.25) is 0 Å². The van der Waals surface area contributed by atoms with Crippen LogP contribution in [0, 0.1) is 11.6 Å². The maximum absolute atomic E-state index is 15.1. The van der Waals surface area contributed by atoms with Gasteiger partial charge >= 0.3 is 0 Å². The van der Waals surface area contributed by atoms with Crippen LogP contribution in [-0.2, 0) is 11.2 Å². The van der Waals surface area contributed by atoms with Crippen LogP contribution in [0.2, 0.25) is 10.0 Å². The van der Waals surface area contributed by atoms with Crippen LogP contribution in [0.3, 0.4) is 0 Å². The predicted molar refractivity (Wildman–Crippen MR) is 107 cm³/mol. The van der Waals surface area contributed by atoms with Crippen LogP contribution < -0.4 is 10.5 Å². The molecule has 0 aliphatic carbocycles. The Morgan fingerprint density at radius 2 is 1.66 bits per heavy atom. The lowest BCUT2D eigenvalue weighted by Gasteiger charge is -2.14. The van der Waals surface area contributed by atoms with Crippen LogP contribution in [0.4, 0.5) is 8.78 Å². The summed E-state index contributed by atoms with van der Waals surface area (Å²) in [7, 11) is 0. The molecule has 150 valence electrons. The van der Waals surface area contributed by atoms with Gasteiger partial charge in [-0.2, -0.15) is 0 Å². The minimum absolute atomic E-state index is 0.0358. The number of phenolic OH excluding ortho intramolecular Hbond substituents is 1. The lowest BCUT2D eigenvalue weighted by molar-refractivity contribution is -0.119. The molecule has 0 fully saturated rings. The van der Waals surface area contributed by atoms with Crippen molar-refractivity contribution in [2.24, 2.45) is 5.73 Å². The van der Waals surface area contributed by atoms with Crippen LogP contribution in [0.25, 0.3) is 11.1 Å². The van der Waals surface area contributed by atoms with Crippen molar-refractivity contribution in [1.82, 2.24) is 0 Å². The van der Waals surface area contributed by atoms with Gasteiger partial charge in [-0.1, -0.05) is 41.4 Å². The van der Waals surface area contributed by atoms with Crippen molar-refractivity contribution in [3.05, 3.63) is 81.3 Å². The van der Waals surface area contributed by atoms with E-state index in [2.05, 4.69) is 0 Å². The molecule has 1 amide bonds. The molecule has 0 spiro atoms. The number of aromatic hydroxyl groups is 1. The summed E-state index contributed by atoms with van der Waals surface area (Å²) in [6.45, 7) is -0.334. The summed E-state index contributed by atoms with van der Waals surface area (Å²) in [6.07, 6.45) is 0.0358. The minimum Gasteiger partial charge on any atom is -0.507 e. The average Bonchev–Trinajstić information content (AvgIpc) is 2.66. The molecule has 0 aliphatic rings. The summed E-state index contributed by atoms with van der Waals surface area (Å²) in [5.74, 6) is -1.81. The fourth-order valence-corrected chi connectivity index (χ4v) is 3.41. The molecule has 0 heterocycles. The number of amides is 1. The molecule has 0 unspecified atom stereocenters. The van der Waals surface area contributed by atoms with E-state index >= 15 is 4.39 Å². The van der Waals surface area contributed by atoms with E-state index in [0.29, 0.717) is 11.1 Å². The highest BCUT2D eigenvalue weighted by Gasteiger charge is 2.18. The standard InChI is InChI=1S/C21H15Cl2F2NO3/c22-16-8-14(29-10-19(26)28)9-17(23)15(16)7-12-3-6-18(27)20(21(12)25)11-1-4-13(24)5-2-11/h1-6,8-9,27H,7,10H2,(H2,26,28). The molecule has 0 atom stereocenters. The van der Waals surface area contributed by atoms with E-state index in [0.717, 1.165) is 0 Å². The monoisotopic (exact) mass is 437 g/mol. The van der Waals surface area contributed by atoms with Crippen LogP contribution in [-0.4, -0.2) is 17.6 Å². The number of halogens is 4. The molecule has 0 radical (unpaired) electrons. The third-order valence-corrected chi connectivity index (χ3v) is 4.87. The number of nitrogens with two attached hydrogens (primary N) is 1. The Morgan fingerprint density at radius 3 is 2.24 bits per heavy atom. The first-order valence-electron chi connectivity index (χ1n) is 8.41. The quantitative estimate of drug-likeness (QED) is 0.563. The highest BCUT2D eigenvalue weighted by atomic mass is 35.5. The molecule has 0 bridgehead atoms. The Labute approximate surface area is 175 Å². The Bertz CT molecular complexity index is 1050. The fourth-order valence-electron chi connectivity index (χ4n) is 2.81. The molecule has 0 aliphatic heterocycles. The van der Waals surface area contributed by atoms with Crippen LogP contribution in [0.5, 0.6) is 11.5 Å². The number of hydrogen-bond donors (Lipinski definition) is 2. The van der Waals surface area contributed by atoms with Crippen molar-refractivity contribution < 1.29 is 23.4 Å². The maximum Gasteiger partial charge on any atom is 0.255 e. The third-order valence-electron chi connectivity index (χ3n) is 4.20. The zero-order valence-corrected chi connectivity index (χ0v) is 16.4. The SMILES string of the molecule is NC(=O)COc1cc(Cl)c(Cc2ccc(O)c(-c3ccc(F)cc3)c2F)c(Cl)c1. The molecule has 3 N–H and O–H groups in total.